The molecule has 1 aromatic heterocycles. The van der Waals surface area contributed by atoms with E-state index in [0.29, 0.717) is 0 Å². The molecule has 1 aromatic rings. The lowest BCUT2D eigenvalue weighted by molar-refractivity contribution is 0.171. The minimum Gasteiger partial charge on any atom is -0.330 e. The van der Waals surface area contributed by atoms with E-state index in [9.17, 15) is 0 Å². The second-order valence-electron chi connectivity index (χ2n) is 5.47. The summed E-state index contributed by atoms with van der Waals surface area (Å²) in [5.74, 6) is 1.55. The second-order valence-corrected chi connectivity index (χ2v) is 7.38. The molecule has 1 aliphatic carbocycles. The van der Waals surface area contributed by atoms with Gasteiger partial charge in [0, 0.05) is 27.8 Å². The lowest BCUT2D eigenvalue weighted by Crippen LogP contribution is -2.35. The van der Waals surface area contributed by atoms with E-state index < -0.39 is 0 Å². The Morgan fingerprint density at radius 2 is 2.11 bits per heavy atom. The predicted molar refractivity (Wildman–Crippen MR) is 82.9 cm³/mol. The summed E-state index contributed by atoms with van der Waals surface area (Å²) in [5, 5.41) is 2.16. The maximum Gasteiger partial charge on any atom is 0.0325 e. The number of thiophene rings is 1. The highest BCUT2D eigenvalue weighted by molar-refractivity contribution is 9.10. The molecule has 0 radical (unpaired) electrons. The first-order valence-electron chi connectivity index (χ1n) is 6.80. The first-order valence-corrected chi connectivity index (χ1v) is 8.48. The molecule has 0 aromatic carbocycles. The van der Waals surface area contributed by atoms with Crippen molar-refractivity contribution in [3.05, 3.63) is 20.8 Å². The van der Waals surface area contributed by atoms with Crippen LogP contribution in [0.4, 0.5) is 0 Å². The number of halogens is 1. The fourth-order valence-electron chi connectivity index (χ4n) is 3.00. The van der Waals surface area contributed by atoms with Crippen LogP contribution in [0.2, 0.25) is 0 Å². The molecule has 1 heterocycles. The molecule has 1 aliphatic rings. The van der Waals surface area contributed by atoms with E-state index in [4.69, 9.17) is 5.73 Å². The quantitative estimate of drug-likeness (QED) is 0.891. The van der Waals surface area contributed by atoms with Gasteiger partial charge in [-0.05, 0) is 60.3 Å². The second kappa shape index (κ2) is 7.04. The van der Waals surface area contributed by atoms with Crippen molar-refractivity contribution in [2.24, 2.45) is 17.6 Å². The summed E-state index contributed by atoms with van der Waals surface area (Å²) in [6.07, 6.45) is 5.46. The largest absolute Gasteiger partial charge is 0.330 e. The average Bonchev–Trinajstić information content (AvgIpc) is 2.75. The van der Waals surface area contributed by atoms with Crippen LogP contribution in [0, 0.1) is 11.8 Å². The maximum atomic E-state index is 5.90. The van der Waals surface area contributed by atoms with E-state index in [1.807, 2.05) is 11.3 Å². The van der Waals surface area contributed by atoms with Crippen LogP contribution in [0.1, 0.15) is 30.6 Å². The van der Waals surface area contributed by atoms with E-state index in [2.05, 4.69) is 39.3 Å². The van der Waals surface area contributed by atoms with Gasteiger partial charge in [-0.15, -0.1) is 11.3 Å². The highest BCUT2D eigenvalue weighted by Gasteiger charge is 2.24. The third-order valence-corrected chi connectivity index (χ3v) is 5.65. The third-order valence-electron chi connectivity index (χ3n) is 3.96. The minimum atomic E-state index is 0.747. The zero-order valence-electron chi connectivity index (χ0n) is 11.1. The van der Waals surface area contributed by atoms with Gasteiger partial charge in [-0.2, -0.15) is 0 Å². The van der Waals surface area contributed by atoms with Crippen molar-refractivity contribution in [1.29, 1.82) is 0 Å². The summed E-state index contributed by atoms with van der Waals surface area (Å²) in [6.45, 7) is 3.12. The molecule has 2 unspecified atom stereocenters. The van der Waals surface area contributed by atoms with Gasteiger partial charge in [-0.25, -0.2) is 0 Å². The van der Waals surface area contributed by atoms with Crippen LogP contribution in [0.25, 0.3) is 0 Å². The van der Waals surface area contributed by atoms with Gasteiger partial charge in [0.2, 0.25) is 0 Å². The first-order chi connectivity index (χ1) is 8.69. The highest BCUT2D eigenvalue weighted by Crippen LogP contribution is 2.30. The van der Waals surface area contributed by atoms with Crippen LogP contribution < -0.4 is 5.73 Å². The predicted octanol–water partition coefficient (Wildman–Crippen LogP) is 3.71. The monoisotopic (exact) mass is 330 g/mol. The van der Waals surface area contributed by atoms with E-state index in [0.717, 1.165) is 24.9 Å². The van der Waals surface area contributed by atoms with Gasteiger partial charge in [0.15, 0.2) is 0 Å². The van der Waals surface area contributed by atoms with Crippen LogP contribution in [-0.4, -0.2) is 25.0 Å². The first kappa shape index (κ1) is 14.5. The van der Waals surface area contributed by atoms with Crippen molar-refractivity contribution in [3.8, 4) is 0 Å². The molecule has 1 fully saturated rings. The number of nitrogens with zero attached hydrogens (tertiary/aromatic N) is 1. The number of hydrogen-bond acceptors (Lipinski definition) is 3. The molecular formula is C14H23BrN2S. The summed E-state index contributed by atoms with van der Waals surface area (Å²) in [4.78, 5) is 3.89. The molecule has 4 heteroatoms. The van der Waals surface area contributed by atoms with Gasteiger partial charge in [0.25, 0.3) is 0 Å². The molecular weight excluding hydrogens is 308 g/mol. The molecule has 2 nitrogen and oxygen atoms in total. The standard InChI is InChI=1S/C14H23BrN2S/c1-17(9-14-6-13(15)10-18-14)8-12-5-3-2-4-11(12)7-16/h6,10-12H,2-5,7-9,16H2,1H3. The lowest BCUT2D eigenvalue weighted by Gasteiger charge is -2.33. The molecule has 0 aliphatic heterocycles. The number of hydrogen-bond donors (Lipinski definition) is 1. The van der Waals surface area contributed by atoms with Gasteiger partial charge in [-0.1, -0.05) is 12.8 Å². The molecule has 0 amide bonds. The van der Waals surface area contributed by atoms with Gasteiger partial charge < -0.3 is 10.6 Å². The van der Waals surface area contributed by atoms with E-state index >= 15 is 0 Å². The van der Waals surface area contributed by atoms with Crippen LogP contribution in [0.15, 0.2) is 15.9 Å². The third kappa shape index (κ3) is 4.05. The summed E-state index contributed by atoms with van der Waals surface area (Å²) in [6, 6.07) is 2.22. The van der Waals surface area contributed by atoms with Crippen molar-refractivity contribution in [3.63, 3.8) is 0 Å². The van der Waals surface area contributed by atoms with Crippen molar-refractivity contribution >= 4 is 27.3 Å². The summed E-state index contributed by atoms with van der Waals surface area (Å²) < 4.78 is 1.20. The van der Waals surface area contributed by atoms with Crippen LogP contribution >= 0.6 is 27.3 Å². The molecule has 0 bridgehead atoms. The smallest absolute Gasteiger partial charge is 0.0325 e. The molecule has 0 saturated heterocycles. The van der Waals surface area contributed by atoms with Gasteiger partial charge >= 0.3 is 0 Å². The molecule has 2 atom stereocenters. The van der Waals surface area contributed by atoms with Crippen LogP contribution in [-0.2, 0) is 6.54 Å². The van der Waals surface area contributed by atoms with E-state index in [-0.39, 0.29) is 0 Å². The van der Waals surface area contributed by atoms with Crippen LogP contribution in [0.3, 0.4) is 0 Å². The van der Waals surface area contributed by atoms with E-state index in [1.54, 1.807) is 0 Å². The van der Waals surface area contributed by atoms with Gasteiger partial charge in [0.05, 0.1) is 0 Å². The topological polar surface area (TPSA) is 29.3 Å². The number of rotatable bonds is 5. The Bertz CT molecular complexity index is 366. The van der Waals surface area contributed by atoms with Crippen molar-refractivity contribution in [2.75, 3.05) is 20.1 Å². The fraction of sp³-hybridized carbons (Fsp3) is 0.714. The Morgan fingerprint density at radius 1 is 1.39 bits per heavy atom. The van der Waals surface area contributed by atoms with Crippen molar-refractivity contribution in [1.82, 2.24) is 4.90 Å². The SMILES string of the molecule is CN(Cc1cc(Br)cs1)CC1CCCCC1CN. The summed E-state index contributed by atoms with van der Waals surface area (Å²) in [7, 11) is 2.23. The Hall–Kier alpha value is 0.1000. The number of nitrogens with two attached hydrogens (primary N) is 1. The van der Waals surface area contributed by atoms with Crippen LogP contribution in [0.5, 0.6) is 0 Å². The molecule has 102 valence electrons. The zero-order valence-corrected chi connectivity index (χ0v) is 13.5. The molecule has 18 heavy (non-hydrogen) atoms. The average molecular weight is 331 g/mol. The molecule has 2 N–H and O–H groups in total. The fourth-order valence-corrected chi connectivity index (χ4v) is 4.53. The lowest BCUT2D eigenvalue weighted by atomic mass is 9.79. The molecule has 1 saturated carbocycles. The van der Waals surface area contributed by atoms with Crippen molar-refractivity contribution in [2.45, 2.75) is 32.2 Å². The Balaban J connectivity index is 1.84. The highest BCUT2D eigenvalue weighted by atomic mass is 79.9. The zero-order chi connectivity index (χ0) is 13.0. The van der Waals surface area contributed by atoms with Crippen molar-refractivity contribution < 1.29 is 0 Å². The Kier molecular flexibility index (Phi) is 5.67. The summed E-state index contributed by atoms with van der Waals surface area (Å²) >= 11 is 5.35. The summed E-state index contributed by atoms with van der Waals surface area (Å²) in [5.41, 5.74) is 5.90. The molecule has 0 spiro atoms. The Labute approximate surface area is 123 Å². The molecule has 2 rings (SSSR count). The minimum absolute atomic E-state index is 0.747. The maximum absolute atomic E-state index is 5.90. The van der Waals surface area contributed by atoms with E-state index in [1.165, 1.54) is 41.6 Å². The normalized spacial score (nSPS) is 24.7. The van der Waals surface area contributed by atoms with Gasteiger partial charge in [-0.3, -0.25) is 0 Å². The Morgan fingerprint density at radius 3 is 2.72 bits per heavy atom. The van der Waals surface area contributed by atoms with Gasteiger partial charge in [0.1, 0.15) is 0 Å².